The Morgan fingerprint density at radius 2 is 1.83 bits per heavy atom. The number of aromatic nitrogens is 3. The molecule has 0 aliphatic heterocycles. The quantitative estimate of drug-likeness (QED) is 0.419. The van der Waals surface area contributed by atoms with Crippen LogP contribution in [-0.2, 0) is 7.05 Å². The van der Waals surface area contributed by atoms with E-state index >= 15 is 0 Å². The molecule has 7 heteroatoms. The van der Waals surface area contributed by atoms with E-state index in [-0.39, 0.29) is 11.4 Å². The fraction of sp³-hybridized carbons (Fsp3) is 0.0909. The molecule has 0 unspecified atom stereocenters. The second-order valence-corrected chi connectivity index (χ2v) is 6.83. The molecular weight excluding hydrogens is 364 g/mol. The van der Waals surface area contributed by atoms with Crippen LogP contribution in [0, 0.1) is 5.41 Å². The Balaban J connectivity index is 1.79. The molecule has 4 rings (SSSR count). The average molecular weight is 384 g/mol. The fourth-order valence-corrected chi connectivity index (χ4v) is 3.30. The van der Waals surface area contributed by atoms with Gasteiger partial charge in [-0.05, 0) is 60.0 Å². The normalized spacial score (nSPS) is 11.7. The Morgan fingerprint density at radius 3 is 2.55 bits per heavy atom. The molecule has 29 heavy (non-hydrogen) atoms. The minimum Gasteiger partial charge on any atom is -0.350 e. The van der Waals surface area contributed by atoms with Crippen molar-refractivity contribution in [2.24, 2.45) is 12.0 Å². The third-order valence-electron chi connectivity index (χ3n) is 4.91. The zero-order valence-corrected chi connectivity index (χ0v) is 16.1. The van der Waals surface area contributed by atoms with E-state index in [1.807, 2.05) is 54.9 Å². The number of aliphatic imine (C=N–C) groups is 1. The number of pyridine rings is 2. The summed E-state index contributed by atoms with van der Waals surface area (Å²) in [7, 11) is 1.90. The van der Waals surface area contributed by atoms with Crippen molar-refractivity contribution in [2.45, 2.75) is 6.92 Å². The molecule has 3 N–H and O–H groups in total. The van der Waals surface area contributed by atoms with Crippen molar-refractivity contribution >= 4 is 22.5 Å². The summed E-state index contributed by atoms with van der Waals surface area (Å²) in [6.45, 7) is 1.81. The summed E-state index contributed by atoms with van der Waals surface area (Å²) in [5.41, 5.74) is 4.93. The van der Waals surface area contributed by atoms with Gasteiger partial charge in [-0.15, -0.1) is 0 Å². The van der Waals surface area contributed by atoms with Crippen LogP contribution >= 0.6 is 0 Å². The van der Waals surface area contributed by atoms with Crippen molar-refractivity contribution < 1.29 is 4.79 Å². The third-order valence-corrected chi connectivity index (χ3v) is 4.91. The lowest BCUT2D eigenvalue weighted by Gasteiger charge is -2.05. The molecule has 3 heterocycles. The first-order chi connectivity index (χ1) is 13.9. The third kappa shape index (κ3) is 3.45. The Bertz CT molecular complexity index is 1310. The smallest absolute Gasteiger partial charge is 0.279 e. The first-order valence-electron chi connectivity index (χ1n) is 9.06. The molecule has 0 saturated carbocycles. The van der Waals surface area contributed by atoms with Gasteiger partial charge in [0.25, 0.3) is 5.91 Å². The Kier molecular flexibility index (Phi) is 4.56. The van der Waals surface area contributed by atoms with Crippen LogP contribution in [0.5, 0.6) is 0 Å². The number of rotatable bonds is 3. The van der Waals surface area contributed by atoms with Gasteiger partial charge in [-0.1, -0.05) is 6.07 Å². The summed E-state index contributed by atoms with van der Waals surface area (Å²) < 4.78 is 3.16. The molecule has 1 amide bonds. The molecule has 0 bridgehead atoms. The van der Waals surface area contributed by atoms with Crippen LogP contribution in [0.4, 0.5) is 0 Å². The second kappa shape index (κ2) is 7.20. The zero-order valence-electron chi connectivity index (χ0n) is 16.1. The van der Waals surface area contributed by atoms with Crippen molar-refractivity contribution in [3.8, 4) is 11.1 Å². The number of benzene rings is 1. The minimum absolute atomic E-state index is 0.199. The van der Waals surface area contributed by atoms with Gasteiger partial charge in [0, 0.05) is 48.4 Å². The van der Waals surface area contributed by atoms with Crippen LogP contribution in [-0.4, -0.2) is 25.8 Å². The maximum absolute atomic E-state index is 12.9. The lowest BCUT2D eigenvalue weighted by molar-refractivity contribution is 0.100. The molecule has 1 aromatic carbocycles. The number of nitrogens with two attached hydrogens (primary N) is 1. The van der Waals surface area contributed by atoms with Crippen molar-refractivity contribution in [2.75, 3.05) is 5.84 Å². The number of nitrogens with zero attached hydrogens (tertiary/aromatic N) is 4. The molecule has 0 spiro atoms. The molecule has 0 atom stereocenters. The minimum atomic E-state index is -0.295. The molecule has 144 valence electrons. The molecule has 7 nitrogen and oxygen atoms in total. The molecule has 0 fully saturated rings. The standard InChI is InChI=1S/C22H20N6O/c1-14(15-5-8-25-9-6-15)26-22(29)19-13-27(2)20-4-3-16(11-18(19)20)17-7-10-28(24)21(23)12-17/h3-13,23H,24H2,1-2H3. The molecule has 4 aromatic rings. The summed E-state index contributed by atoms with van der Waals surface area (Å²) in [6.07, 6.45) is 6.79. The number of hydrogen-bond donors (Lipinski definition) is 2. The number of nitrogen functional groups attached to an aromatic ring is 1. The first kappa shape index (κ1) is 18.4. The van der Waals surface area contributed by atoms with Gasteiger partial charge in [0.1, 0.15) is 5.49 Å². The molecule has 0 radical (unpaired) electrons. The van der Waals surface area contributed by atoms with E-state index in [2.05, 4.69) is 9.98 Å². The monoisotopic (exact) mass is 384 g/mol. The van der Waals surface area contributed by atoms with E-state index in [1.165, 1.54) is 4.68 Å². The predicted octanol–water partition coefficient (Wildman–Crippen LogP) is 2.88. The average Bonchev–Trinajstić information content (AvgIpc) is 3.07. The highest BCUT2D eigenvalue weighted by Crippen LogP contribution is 2.27. The fourth-order valence-electron chi connectivity index (χ4n) is 3.30. The van der Waals surface area contributed by atoms with Crippen molar-refractivity contribution in [1.82, 2.24) is 14.2 Å². The highest BCUT2D eigenvalue weighted by molar-refractivity contribution is 6.14. The number of carbonyl (C=O) groups excluding carboxylic acids is 1. The van der Waals surface area contributed by atoms with Crippen LogP contribution in [0.15, 0.2) is 72.2 Å². The number of hydrogen-bond acceptors (Lipinski definition) is 4. The van der Waals surface area contributed by atoms with Crippen molar-refractivity contribution in [3.63, 3.8) is 0 Å². The number of fused-ring (bicyclic) bond motifs is 1. The van der Waals surface area contributed by atoms with Crippen LogP contribution in [0.1, 0.15) is 22.8 Å². The number of aryl methyl sites for hydroxylation is 1. The largest absolute Gasteiger partial charge is 0.350 e. The van der Waals surface area contributed by atoms with Gasteiger partial charge in [-0.25, -0.2) is 4.99 Å². The van der Waals surface area contributed by atoms with E-state index < -0.39 is 0 Å². The highest BCUT2D eigenvalue weighted by atomic mass is 16.1. The zero-order chi connectivity index (χ0) is 20.5. The topological polar surface area (TPSA) is 102 Å². The predicted molar refractivity (Wildman–Crippen MR) is 113 cm³/mol. The van der Waals surface area contributed by atoms with Crippen molar-refractivity contribution in [3.05, 3.63) is 83.9 Å². The SMILES string of the molecule is CC(=NC(=O)c1cn(C)c2ccc(-c3ccn(N)c(=N)c3)cc12)c1ccncc1. The van der Waals surface area contributed by atoms with E-state index in [9.17, 15) is 4.79 Å². The van der Waals surface area contributed by atoms with E-state index in [1.54, 1.807) is 30.9 Å². The van der Waals surface area contributed by atoms with Gasteiger partial charge in [0.2, 0.25) is 0 Å². The van der Waals surface area contributed by atoms with Crippen LogP contribution in [0.3, 0.4) is 0 Å². The molecule has 0 saturated heterocycles. The Labute approximate surface area is 167 Å². The summed E-state index contributed by atoms with van der Waals surface area (Å²) in [6, 6.07) is 13.1. The maximum Gasteiger partial charge on any atom is 0.279 e. The summed E-state index contributed by atoms with van der Waals surface area (Å²) >= 11 is 0. The van der Waals surface area contributed by atoms with Crippen LogP contribution in [0.2, 0.25) is 0 Å². The summed E-state index contributed by atoms with van der Waals surface area (Å²) in [5.74, 6) is 5.39. The van der Waals surface area contributed by atoms with Crippen molar-refractivity contribution in [1.29, 1.82) is 5.41 Å². The van der Waals surface area contributed by atoms with Crippen LogP contribution in [0.25, 0.3) is 22.0 Å². The lowest BCUT2D eigenvalue weighted by atomic mass is 10.0. The van der Waals surface area contributed by atoms with E-state index in [4.69, 9.17) is 11.3 Å². The van der Waals surface area contributed by atoms with Gasteiger partial charge in [-0.2, -0.15) is 0 Å². The Morgan fingerprint density at radius 1 is 1.10 bits per heavy atom. The van der Waals surface area contributed by atoms with Gasteiger partial charge >= 0.3 is 0 Å². The first-order valence-corrected chi connectivity index (χ1v) is 9.06. The molecule has 3 aromatic heterocycles. The van der Waals surface area contributed by atoms with Gasteiger partial charge in [-0.3, -0.25) is 19.9 Å². The second-order valence-electron chi connectivity index (χ2n) is 6.83. The number of amides is 1. The molecule has 0 aliphatic rings. The maximum atomic E-state index is 12.9. The summed E-state index contributed by atoms with van der Waals surface area (Å²) in [5, 5.41) is 8.72. The highest BCUT2D eigenvalue weighted by Gasteiger charge is 2.15. The Hall–Kier alpha value is -4.00. The number of carbonyl (C=O) groups is 1. The molecule has 0 aliphatic carbocycles. The van der Waals surface area contributed by atoms with E-state index in [0.29, 0.717) is 11.3 Å². The van der Waals surface area contributed by atoms with Gasteiger partial charge in [0.05, 0.1) is 5.56 Å². The number of nitrogens with one attached hydrogen (secondary N) is 1. The van der Waals surface area contributed by atoms with Gasteiger partial charge in [0.15, 0.2) is 0 Å². The molecular formula is C22H20N6O. The lowest BCUT2D eigenvalue weighted by Crippen LogP contribution is -2.25. The summed E-state index contributed by atoms with van der Waals surface area (Å²) in [4.78, 5) is 21.2. The van der Waals surface area contributed by atoms with Gasteiger partial charge < -0.3 is 10.4 Å². The van der Waals surface area contributed by atoms with E-state index in [0.717, 1.165) is 27.6 Å². The van der Waals surface area contributed by atoms with Crippen LogP contribution < -0.4 is 11.3 Å².